The minimum Gasteiger partial charge on any atom is -0.357 e. The molecule has 1 aromatic rings. The highest BCUT2D eigenvalue weighted by molar-refractivity contribution is 5.81. The number of hydrogen-bond acceptors (Lipinski definition) is 3. The number of amides is 1. The van der Waals surface area contributed by atoms with Gasteiger partial charge in [-0.25, -0.2) is 4.99 Å². The Hall–Kier alpha value is -2.11. The summed E-state index contributed by atoms with van der Waals surface area (Å²) in [6, 6.07) is 6.13. The van der Waals surface area contributed by atoms with Crippen molar-refractivity contribution in [3.05, 3.63) is 30.1 Å². The summed E-state index contributed by atoms with van der Waals surface area (Å²) in [6.45, 7) is 5.06. The molecule has 3 rings (SSSR count). The van der Waals surface area contributed by atoms with Crippen LogP contribution in [-0.2, 0) is 11.3 Å². The van der Waals surface area contributed by atoms with Gasteiger partial charge in [-0.3, -0.25) is 9.78 Å². The normalized spacial score (nSPS) is 21.7. The Morgan fingerprint density at radius 3 is 2.85 bits per heavy atom. The molecule has 1 atom stereocenters. The molecule has 2 heterocycles. The van der Waals surface area contributed by atoms with Gasteiger partial charge in [-0.2, -0.15) is 0 Å². The predicted molar refractivity (Wildman–Crippen MR) is 104 cm³/mol. The maximum atomic E-state index is 12.7. The van der Waals surface area contributed by atoms with Gasteiger partial charge in [0.15, 0.2) is 5.96 Å². The zero-order chi connectivity index (χ0) is 18.2. The van der Waals surface area contributed by atoms with E-state index >= 15 is 0 Å². The number of nitrogens with one attached hydrogen (secondary N) is 2. The van der Waals surface area contributed by atoms with Crippen molar-refractivity contribution in [2.24, 2.45) is 10.9 Å². The van der Waals surface area contributed by atoms with Crippen LogP contribution in [-0.4, -0.2) is 47.4 Å². The van der Waals surface area contributed by atoms with Crippen molar-refractivity contribution < 1.29 is 4.79 Å². The average Bonchev–Trinajstić information content (AvgIpc) is 3.16. The SMILES string of the molecule is CCNC(=NCc1ccccn1)NC1CCN(C(=O)C2CCCCC2)C1. The van der Waals surface area contributed by atoms with Gasteiger partial charge in [-0.1, -0.05) is 25.3 Å². The highest BCUT2D eigenvalue weighted by Gasteiger charge is 2.31. The van der Waals surface area contributed by atoms with E-state index in [1.807, 2.05) is 18.2 Å². The first-order chi connectivity index (χ1) is 12.8. The molecule has 1 saturated heterocycles. The summed E-state index contributed by atoms with van der Waals surface area (Å²) in [6.07, 6.45) is 8.60. The number of aromatic nitrogens is 1. The fourth-order valence-electron chi connectivity index (χ4n) is 3.85. The Bertz CT molecular complexity index is 597. The lowest BCUT2D eigenvalue weighted by molar-refractivity contribution is -0.135. The number of likely N-dealkylation sites (tertiary alicyclic amines) is 1. The second-order valence-corrected chi connectivity index (χ2v) is 7.27. The summed E-state index contributed by atoms with van der Waals surface area (Å²) >= 11 is 0. The van der Waals surface area contributed by atoms with Crippen molar-refractivity contribution in [2.75, 3.05) is 19.6 Å². The topological polar surface area (TPSA) is 69.6 Å². The van der Waals surface area contributed by atoms with Crippen LogP contribution >= 0.6 is 0 Å². The van der Waals surface area contributed by atoms with E-state index in [0.29, 0.717) is 12.5 Å². The molecule has 1 saturated carbocycles. The Balaban J connectivity index is 1.52. The van der Waals surface area contributed by atoms with Crippen molar-refractivity contribution in [3.63, 3.8) is 0 Å². The summed E-state index contributed by atoms with van der Waals surface area (Å²) < 4.78 is 0. The van der Waals surface area contributed by atoms with E-state index in [4.69, 9.17) is 0 Å². The van der Waals surface area contributed by atoms with E-state index in [0.717, 1.165) is 50.6 Å². The van der Waals surface area contributed by atoms with Gasteiger partial charge in [0.2, 0.25) is 5.91 Å². The number of hydrogen-bond donors (Lipinski definition) is 2. The maximum Gasteiger partial charge on any atom is 0.225 e. The molecule has 1 unspecified atom stereocenters. The molecule has 1 aromatic heterocycles. The van der Waals surface area contributed by atoms with E-state index in [-0.39, 0.29) is 12.0 Å². The number of guanidine groups is 1. The van der Waals surface area contributed by atoms with Crippen LogP contribution in [0.2, 0.25) is 0 Å². The standard InChI is InChI=1S/C20H31N5O/c1-2-21-20(23-14-17-10-6-7-12-22-17)24-18-11-13-25(15-18)19(26)16-8-4-3-5-9-16/h6-7,10,12,16,18H,2-5,8-9,11,13-15H2,1H3,(H2,21,23,24). The summed E-state index contributed by atoms with van der Waals surface area (Å²) in [5.41, 5.74) is 0.949. The molecular formula is C20H31N5O. The van der Waals surface area contributed by atoms with Crippen LogP contribution in [0.3, 0.4) is 0 Å². The van der Waals surface area contributed by atoms with E-state index in [2.05, 4.69) is 32.4 Å². The maximum absolute atomic E-state index is 12.7. The molecule has 2 N–H and O–H groups in total. The number of rotatable bonds is 5. The van der Waals surface area contributed by atoms with Gasteiger partial charge < -0.3 is 15.5 Å². The minimum atomic E-state index is 0.258. The number of carbonyl (C=O) groups is 1. The number of carbonyl (C=O) groups excluding carboxylic acids is 1. The van der Waals surface area contributed by atoms with Crippen molar-refractivity contribution >= 4 is 11.9 Å². The lowest BCUT2D eigenvalue weighted by Crippen LogP contribution is -2.45. The molecule has 142 valence electrons. The van der Waals surface area contributed by atoms with Gasteiger partial charge in [-0.05, 0) is 38.3 Å². The van der Waals surface area contributed by atoms with Crippen LogP contribution in [0.4, 0.5) is 0 Å². The van der Waals surface area contributed by atoms with Crippen LogP contribution < -0.4 is 10.6 Å². The molecule has 26 heavy (non-hydrogen) atoms. The van der Waals surface area contributed by atoms with Crippen molar-refractivity contribution in [1.82, 2.24) is 20.5 Å². The van der Waals surface area contributed by atoms with Crippen LogP contribution in [0, 0.1) is 5.92 Å². The summed E-state index contributed by atoms with van der Waals surface area (Å²) in [4.78, 5) is 23.7. The molecule has 0 radical (unpaired) electrons. The minimum absolute atomic E-state index is 0.258. The van der Waals surface area contributed by atoms with Gasteiger partial charge >= 0.3 is 0 Å². The second-order valence-electron chi connectivity index (χ2n) is 7.27. The van der Waals surface area contributed by atoms with Gasteiger partial charge in [0, 0.05) is 37.8 Å². The molecule has 1 amide bonds. The fraction of sp³-hybridized carbons (Fsp3) is 0.650. The van der Waals surface area contributed by atoms with E-state index in [9.17, 15) is 4.79 Å². The summed E-state index contributed by atoms with van der Waals surface area (Å²) in [7, 11) is 0. The third-order valence-electron chi connectivity index (χ3n) is 5.26. The molecular weight excluding hydrogens is 326 g/mol. The van der Waals surface area contributed by atoms with Crippen LogP contribution in [0.5, 0.6) is 0 Å². The van der Waals surface area contributed by atoms with E-state index < -0.39 is 0 Å². The summed E-state index contributed by atoms with van der Waals surface area (Å²) in [5.74, 6) is 1.42. The average molecular weight is 358 g/mol. The van der Waals surface area contributed by atoms with Crippen LogP contribution in [0.1, 0.15) is 51.1 Å². The highest BCUT2D eigenvalue weighted by atomic mass is 16.2. The van der Waals surface area contributed by atoms with Gasteiger partial charge in [0.05, 0.1) is 12.2 Å². The second kappa shape index (κ2) is 9.55. The molecule has 1 aliphatic heterocycles. The third-order valence-corrected chi connectivity index (χ3v) is 5.26. The predicted octanol–water partition coefficient (Wildman–Crippen LogP) is 2.32. The monoisotopic (exact) mass is 357 g/mol. The zero-order valence-corrected chi connectivity index (χ0v) is 15.8. The molecule has 0 bridgehead atoms. The van der Waals surface area contributed by atoms with Crippen LogP contribution in [0.25, 0.3) is 0 Å². The first kappa shape index (κ1) is 18.7. The first-order valence-electron chi connectivity index (χ1n) is 10.00. The Morgan fingerprint density at radius 2 is 2.12 bits per heavy atom. The lowest BCUT2D eigenvalue weighted by Gasteiger charge is -2.26. The number of aliphatic imine (C=N–C) groups is 1. The Kier molecular flexibility index (Phi) is 6.86. The molecule has 0 spiro atoms. The largest absolute Gasteiger partial charge is 0.357 e. The van der Waals surface area contributed by atoms with Gasteiger partial charge in [0.1, 0.15) is 0 Å². The molecule has 1 aliphatic carbocycles. The lowest BCUT2D eigenvalue weighted by atomic mass is 9.88. The molecule has 6 nitrogen and oxygen atoms in total. The Labute approximate surface area is 156 Å². The first-order valence-corrected chi connectivity index (χ1v) is 10.00. The smallest absolute Gasteiger partial charge is 0.225 e. The molecule has 2 aliphatic rings. The van der Waals surface area contributed by atoms with E-state index in [1.54, 1.807) is 6.20 Å². The van der Waals surface area contributed by atoms with Crippen molar-refractivity contribution in [3.8, 4) is 0 Å². The van der Waals surface area contributed by atoms with Gasteiger partial charge in [-0.15, -0.1) is 0 Å². The molecule has 6 heteroatoms. The quantitative estimate of drug-likeness (QED) is 0.627. The number of pyridine rings is 1. The molecule has 2 fully saturated rings. The Morgan fingerprint density at radius 1 is 1.27 bits per heavy atom. The van der Waals surface area contributed by atoms with Gasteiger partial charge in [0.25, 0.3) is 0 Å². The molecule has 0 aromatic carbocycles. The van der Waals surface area contributed by atoms with E-state index in [1.165, 1.54) is 19.3 Å². The number of nitrogens with zero attached hydrogens (tertiary/aromatic N) is 3. The van der Waals surface area contributed by atoms with Crippen LogP contribution in [0.15, 0.2) is 29.4 Å². The fourth-order valence-corrected chi connectivity index (χ4v) is 3.85. The van der Waals surface area contributed by atoms with Crippen molar-refractivity contribution in [2.45, 2.75) is 58.0 Å². The highest BCUT2D eigenvalue weighted by Crippen LogP contribution is 2.26. The zero-order valence-electron chi connectivity index (χ0n) is 15.8. The van der Waals surface area contributed by atoms with Crippen molar-refractivity contribution in [1.29, 1.82) is 0 Å². The third kappa shape index (κ3) is 5.19. The summed E-state index contributed by atoms with van der Waals surface area (Å²) in [5, 5.41) is 6.79.